The molecule has 206 valence electrons. The van der Waals surface area contributed by atoms with Gasteiger partial charge in [0.25, 0.3) is 0 Å². The van der Waals surface area contributed by atoms with Crippen molar-refractivity contribution in [3.05, 3.63) is 64.7 Å². The van der Waals surface area contributed by atoms with E-state index in [0.717, 1.165) is 35.5 Å². The molecule has 0 saturated carbocycles. The summed E-state index contributed by atoms with van der Waals surface area (Å²) in [5.74, 6) is 0.531. The van der Waals surface area contributed by atoms with Crippen molar-refractivity contribution in [1.29, 1.82) is 0 Å². The number of halogens is 2. The van der Waals surface area contributed by atoms with Crippen molar-refractivity contribution in [2.45, 2.75) is 79.1 Å². The molecule has 1 aromatic heterocycles. The van der Waals surface area contributed by atoms with Gasteiger partial charge in [-0.05, 0) is 72.9 Å². The van der Waals surface area contributed by atoms with Crippen LogP contribution in [-0.4, -0.2) is 28.4 Å². The first-order valence-corrected chi connectivity index (χ1v) is 19.2. The van der Waals surface area contributed by atoms with Gasteiger partial charge in [0, 0.05) is 35.5 Å². The van der Waals surface area contributed by atoms with Gasteiger partial charge in [0.15, 0.2) is 0 Å². The van der Waals surface area contributed by atoms with Crippen LogP contribution < -0.4 is 0 Å². The van der Waals surface area contributed by atoms with Gasteiger partial charge in [0.1, 0.15) is 11.5 Å². The molecule has 2 N–H and O–H groups in total. The van der Waals surface area contributed by atoms with E-state index in [0.29, 0.717) is 22.5 Å². The second kappa shape index (κ2) is 14.3. The Labute approximate surface area is 247 Å². The van der Waals surface area contributed by atoms with E-state index >= 15 is 0 Å². The fraction of sp³-hybridized carbons (Fsp3) is 0.452. The molecule has 38 heavy (non-hydrogen) atoms. The maximum atomic E-state index is 11.0. The second-order valence-corrected chi connectivity index (χ2v) is 15.4. The molecule has 2 aromatic carbocycles. The number of ether oxygens (including phenoxy) is 1. The van der Waals surface area contributed by atoms with Crippen LogP contribution in [0, 0.1) is 13.8 Å². The minimum atomic E-state index is -0.826. The summed E-state index contributed by atoms with van der Waals surface area (Å²) in [5, 5.41) is 22.0. The molecule has 0 amide bonds. The number of rotatable bonds is 2. The maximum absolute atomic E-state index is 11.0. The number of aryl methyl sites for hydroxylation is 2. The molecule has 1 aliphatic rings. The first-order chi connectivity index (χ1) is 17.7. The van der Waals surface area contributed by atoms with E-state index in [1.807, 2.05) is 56.3 Å². The monoisotopic (exact) mass is 635 g/mol. The number of aromatic nitrogens is 1. The Hall–Kier alpha value is -1.39. The molecule has 2 heterocycles. The first kappa shape index (κ1) is 32.8. The fourth-order valence-corrected chi connectivity index (χ4v) is 4.34. The molecule has 0 spiro atoms. The summed E-state index contributed by atoms with van der Waals surface area (Å²) < 4.78 is 4.94. The van der Waals surface area contributed by atoms with Gasteiger partial charge in [-0.15, -0.1) is 0 Å². The Morgan fingerprint density at radius 1 is 0.737 bits per heavy atom. The van der Waals surface area contributed by atoms with Gasteiger partial charge in [-0.1, -0.05) is 59.7 Å². The van der Waals surface area contributed by atoms with Crippen LogP contribution in [0.1, 0.15) is 76.6 Å². The Bertz CT molecular complexity index is 1120. The summed E-state index contributed by atoms with van der Waals surface area (Å²) in [6.45, 7) is 18.6. The number of phenols is 2. The van der Waals surface area contributed by atoms with Crippen LogP contribution in [0.3, 0.4) is 0 Å². The predicted octanol–water partition coefficient (Wildman–Crippen LogP) is 9.21. The Morgan fingerprint density at radius 3 is 1.39 bits per heavy atom. The Balaban J connectivity index is 0.000000547. The van der Waals surface area contributed by atoms with Crippen molar-refractivity contribution in [2.75, 3.05) is 13.2 Å². The van der Waals surface area contributed by atoms with Crippen LogP contribution in [0.4, 0.5) is 0 Å². The van der Waals surface area contributed by atoms with Crippen LogP contribution in [0.25, 0.3) is 22.5 Å². The molecule has 3 aromatic rings. The molecule has 1 saturated heterocycles. The third-order valence-corrected chi connectivity index (χ3v) is 6.25. The van der Waals surface area contributed by atoms with E-state index < -0.39 is 20.8 Å². The van der Waals surface area contributed by atoms with Gasteiger partial charge in [-0.25, -0.2) is 4.98 Å². The number of phenolic OH excluding ortho intramolecular Hbond substituents is 2. The van der Waals surface area contributed by atoms with E-state index in [4.69, 9.17) is 26.7 Å². The SMILES string of the molecule is C1CCOC1.Cc1cc(-c2cccc(-c3cc(C)cc(C(C)(C)C)c3O)n2)c(O)c(C(C)(C)C)c1.[Cl][Zr][Cl]. The molecule has 0 atom stereocenters. The van der Waals surface area contributed by atoms with Gasteiger partial charge in [-0.3, -0.25) is 0 Å². The van der Waals surface area contributed by atoms with Gasteiger partial charge < -0.3 is 14.9 Å². The number of hydrogen-bond acceptors (Lipinski definition) is 4. The number of aromatic hydroxyl groups is 2. The topological polar surface area (TPSA) is 62.6 Å². The molecular formula is C31H41Cl2NO3Zr. The van der Waals surface area contributed by atoms with Crippen LogP contribution in [0.5, 0.6) is 11.5 Å². The molecule has 7 heteroatoms. The van der Waals surface area contributed by atoms with Crippen LogP contribution in [0.2, 0.25) is 0 Å². The van der Waals surface area contributed by atoms with E-state index in [-0.39, 0.29) is 22.3 Å². The number of hydrogen-bond donors (Lipinski definition) is 2. The molecule has 1 fully saturated rings. The van der Waals surface area contributed by atoms with Gasteiger partial charge in [0.05, 0.1) is 11.4 Å². The third-order valence-electron chi connectivity index (χ3n) is 6.25. The average Bonchev–Trinajstić information content (AvgIpc) is 3.41. The molecule has 0 bridgehead atoms. The van der Waals surface area contributed by atoms with Gasteiger partial charge >= 0.3 is 37.9 Å². The van der Waals surface area contributed by atoms with Crippen molar-refractivity contribution in [3.8, 4) is 34.0 Å². The Kier molecular flexibility index (Phi) is 12.4. The van der Waals surface area contributed by atoms with Gasteiger partial charge in [0.2, 0.25) is 0 Å². The zero-order valence-electron chi connectivity index (χ0n) is 23.9. The number of benzene rings is 2. The van der Waals surface area contributed by atoms with Crippen LogP contribution in [0.15, 0.2) is 42.5 Å². The standard InChI is InChI=1S/C27H33NO2.C4H8O.2ClH.Zr/c1-16-12-18(24(29)20(14-16)26(3,4)5)22-10-9-11-23(28-22)19-13-17(2)15-21(25(19)30)27(6,7)8;1-2-4-5-3-1;;;/h9-15,29-30H,1-8H3;1-4H2;2*1H;/q;;;;+2/p-2. The zero-order valence-corrected chi connectivity index (χ0v) is 27.8. The molecular weight excluding hydrogens is 596 g/mol. The minimum absolute atomic E-state index is 0.182. The summed E-state index contributed by atoms with van der Waals surface area (Å²) in [4.78, 5) is 4.84. The van der Waals surface area contributed by atoms with E-state index in [2.05, 4.69) is 41.5 Å². The van der Waals surface area contributed by atoms with Crippen molar-refractivity contribution < 1.29 is 35.8 Å². The number of nitrogens with zero attached hydrogens (tertiary/aromatic N) is 1. The quantitative estimate of drug-likeness (QED) is 0.294. The molecule has 1 aliphatic heterocycles. The molecule has 4 rings (SSSR count). The van der Waals surface area contributed by atoms with Crippen molar-refractivity contribution in [3.63, 3.8) is 0 Å². The van der Waals surface area contributed by atoms with Gasteiger partial charge in [-0.2, -0.15) is 0 Å². The normalized spacial score (nSPS) is 13.2. The summed E-state index contributed by atoms with van der Waals surface area (Å²) in [7, 11) is 9.87. The summed E-state index contributed by atoms with van der Waals surface area (Å²) in [6, 6.07) is 13.7. The summed E-state index contributed by atoms with van der Waals surface area (Å²) in [5.41, 5.74) is 6.40. The molecule has 0 aliphatic carbocycles. The van der Waals surface area contributed by atoms with Crippen molar-refractivity contribution in [2.24, 2.45) is 0 Å². The van der Waals surface area contributed by atoms with E-state index in [1.54, 1.807) is 0 Å². The number of pyridine rings is 1. The van der Waals surface area contributed by atoms with Crippen molar-refractivity contribution in [1.82, 2.24) is 4.98 Å². The average molecular weight is 638 g/mol. The summed E-state index contributed by atoms with van der Waals surface area (Å²) >= 11 is -0.826. The first-order valence-electron chi connectivity index (χ1n) is 12.9. The third kappa shape index (κ3) is 9.08. The second-order valence-electron chi connectivity index (χ2n) is 11.7. The Morgan fingerprint density at radius 2 is 1.11 bits per heavy atom. The van der Waals surface area contributed by atoms with E-state index in [9.17, 15) is 10.2 Å². The summed E-state index contributed by atoms with van der Waals surface area (Å²) in [6.07, 6.45) is 2.56. The van der Waals surface area contributed by atoms with Crippen LogP contribution >= 0.6 is 17.0 Å². The fourth-order valence-electron chi connectivity index (χ4n) is 4.34. The molecule has 4 nitrogen and oxygen atoms in total. The van der Waals surface area contributed by atoms with E-state index in [1.165, 1.54) is 12.8 Å². The van der Waals surface area contributed by atoms with Crippen molar-refractivity contribution >= 4 is 17.0 Å². The van der Waals surface area contributed by atoms with Crippen LogP contribution in [-0.2, 0) is 36.4 Å². The molecule has 0 radical (unpaired) electrons. The zero-order chi connectivity index (χ0) is 28.7. The predicted molar refractivity (Wildman–Crippen MR) is 157 cm³/mol. The molecule has 0 unspecified atom stereocenters.